The molecule has 28 heavy (non-hydrogen) atoms. The maximum Gasteiger partial charge on any atom is 0.261 e. The third kappa shape index (κ3) is 2.89. The summed E-state index contributed by atoms with van der Waals surface area (Å²) in [5.74, 6) is 0.649. The molecule has 0 saturated carbocycles. The third-order valence-corrected chi connectivity index (χ3v) is 5.13. The number of carbonyl (C=O) groups is 1. The number of benzene rings is 2. The summed E-state index contributed by atoms with van der Waals surface area (Å²) in [6, 6.07) is 22.1. The first-order valence-electron chi connectivity index (χ1n) is 9.32. The van der Waals surface area contributed by atoms with Gasteiger partial charge in [-0.05, 0) is 30.2 Å². The van der Waals surface area contributed by atoms with E-state index >= 15 is 0 Å². The Balaban J connectivity index is 1.45. The van der Waals surface area contributed by atoms with Crippen molar-refractivity contribution in [1.29, 1.82) is 0 Å². The molecular weight excluding hydrogens is 350 g/mol. The minimum Gasteiger partial charge on any atom is -0.349 e. The summed E-state index contributed by atoms with van der Waals surface area (Å²) in [4.78, 5) is 19.7. The van der Waals surface area contributed by atoms with Crippen LogP contribution >= 0.6 is 0 Å². The molecule has 1 aliphatic rings. The molecule has 0 spiro atoms. The fraction of sp³-hybridized carbons (Fsp3) is 0.136. The van der Waals surface area contributed by atoms with Gasteiger partial charge < -0.3 is 10.2 Å². The standard InChI is InChI=1S/C22H19N5O/c28-22(24-17-9-5-2-6-10-17)18-15-23-27-14-12-20(25-21(18)27)26-13-11-19(26)16-7-3-1-4-8-16/h1-10,12,14-15,19H,11,13H2,(H,24,28). The van der Waals surface area contributed by atoms with Crippen molar-refractivity contribution in [2.24, 2.45) is 0 Å². The van der Waals surface area contributed by atoms with Crippen LogP contribution in [0.2, 0.25) is 0 Å². The van der Waals surface area contributed by atoms with Crippen molar-refractivity contribution in [1.82, 2.24) is 14.6 Å². The molecule has 4 aromatic rings. The Bertz CT molecular complexity index is 1120. The lowest BCUT2D eigenvalue weighted by molar-refractivity contribution is 0.102. The minimum absolute atomic E-state index is 0.214. The number of carbonyl (C=O) groups excluding carboxylic acids is 1. The van der Waals surface area contributed by atoms with E-state index in [-0.39, 0.29) is 5.91 Å². The molecule has 2 aromatic heterocycles. The average Bonchev–Trinajstić information content (AvgIpc) is 3.12. The van der Waals surface area contributed by atoms with Crippen LogP contribution in [0.4, 0.5) is 11.5 Å². The number of aromatic nitrogens is 3. The minimum atomic E-state index is -0.214. The predicted octanol–water partition coefficient (Wildman–Crippen LogP) is 3.93. The maximum absolute atomic E-state index is 12.7. The van der Waals surface area contributed by atoms with E-state index in [9.17, 15) is 4.79 Å². The van der Waals surface area contributed by atoms with E-state index in [4.69, 9.17) is 4.98 Å². The number of nitrogens with one attached hydrogen (secondary N) is 1. The summed E-state index contributed by atoms with van der Waals surface area (Å²) in [5, 5.41) is 7.18. The average molecular weight is 369 g/mol. The van der Waals surface area contributed by atoms with Crippen LogP contribution in [0.25, 0.3) is 5.65 Å². The summed E-state index contributed by atoms with van der Waals surface area (Å²) >= 11 is 0. The first-order valence-corrected chi connectivity index (χ1v) is 9.32. The molecule has 3 heterocycles. The maximum atomic E-state index is 12.7. The Kier molecular flexibility index (Phi) is 4.01. The summed E-state index contributed by atoms with van der Waals surface area (Å²) < 4.78 is 1.64. The molecule has 1 N–H and O–H groups in total. The molecule has 6 nitrogen and oxygen atoms in total. The zero-order valence-electron chi connectivity index (χ0n) is 15.2. The number of nitrogens with zero attached hydrogens (tertiary/aromatic N) is 4. The highest BCUT2D eigenvalue weighted by atomic mass is 16.1. The Labute approximate surface area is 162 Å². The molecule has 5 rings (SSSR count). The Morgan fingerprint density at radius 2 is 1.75 bits per heavy atom. The van der Waals surface area contributed by atoms with E-state index in [1.54, 1.807) is 10.7 Å². The second-order valence-corrected chi connectivity index (χ2v) is 6.84. The van der Waals surface area contributed by atoms with Crippen LogP contribution in [0, 0.1) is 0 Å². The van der Waals surface area contributed by atoms with Crippen LogP contribution in [0.3, 0.4) is 0 Å². The van der Waals surface area contributed by atoms with Gasteiger partial charge in [0.25, 0.3) is 5.91 Å². The van der Waals surface area contributed by atoms with Crippen LogP contribution in [0.5, 0.6) is 0 Å². The summed E-state index contributed by atoms with van der Waals surface area (Å²) in [6.07, 6.45) is 4.52. The smallest absolute Gasteiger partial charge is 0.261 e. The van der Waals surface area contributed by atoms with Crippen molar-refractivity contribution in [3.05, 3.63) is 90.3 Å². The Morgan fingerprint density at radius 1 is 1.00 bits per heavy atom. The molecule has 1 saturated heterocycles. The van der Waals surface area contributed by atoms with Crippen molar-refractivity contribution in [3.63, 3.8) is 0 Å². The van der Waals surface area contributed by atoms with E-state index in [0.717, 1.165) is 24.5 Å². The molecule has 0 bridgehead atoms. The second-order valence-electron chi connectivity index (χ2n) is 6.84. The summed E-state index contributed by atoms with van der Waals surface area (Å²) in [7, 11) is 0. The van der Waals surface area contributed by atoms with Gasteiger partial charge in [-0.15, -0.1) is 0 Å². The van der Waals surface area contributed by atoms with Crippen LogP contribution in [0.15, 0.2) is 79.1 Å². The zero-order chi connectivity index (χ0) is 18.9. The Morgan fingerprint density at radius 3 is 2.46 bits per heavy atom. The summed E-state index contributed by atoms with van der Waals surface area (Å²) in [6.45, 7) is 0.947. The van der Waals surface area contributed by atoms with Gasteiger partial charge in [0, 0.05) is 18.4 Å². The molecule has 2 aromatic carbocycles. The molecule has 0 aliphatic carbocycles. The molecule has 6 heteroatoms. The first kappa shape index (κ1) is 16.5. The van der Waals surface area contributed by atoms with Crippen molar-refractivity contribution in [3.8, 4) is 0 Å². The number of rotatable bonds is 4. The monoisotopic (exact) mass is 369 g/mol. The number of para-hydroxylation sites is 1. The zero-order valence-corrected chi connectivity index (χ0v) is 15.2. The molecule has 138 valence electrons. The van der Waals surface area contributed by atoms with Crippen molar-refractivity contribution in [2.75, 3.05) is 16.8 Å². The number of hydrogen-bond acceptors (Lipinski definition) is 4. The van der Waals surface area contributed by atoms with Gasteiger partial charge >= 0.3 is 0 Å². The lowest BCUT2D eigenvalue weighted by Gasteiger charge is -2.42. The van der Waals surface area contributed by atoms with Crippen LogP contribution in [-0.2, 0) is 0 Å². The SMILES string of the molecule is O=C(Nc1ccccc1)c1cnn2ccc(N3CCC3c3ccccc3)nc12. The molecule has 1 aliphatic heterocycles. The number of anilines is 2. The first-order chi connectivity index (χ1) is 13.8. The van der Waals surface area contributed by atoms with Gasteiger partial charge in [0.1, 0.15) is 11.4 Å². The van der Waals surface area contributed by atoms with Gasteiger partial charge in [-0.2, -0.15) is 5.10 Å². The lowest BCUT2D eigenvalue weighted by Crippen LogP contribution is -2.41. The van der Waals surface area contributed by atoms with Crippen molar-refractivity contribution in [2.45, 2.75) is 12.5 Å². The molecule has 1 unspecified atom stereocenters. The molecule has 0 radical (unpaired) electrons. The van der Waals surface area contributed by atoms with E-state index in [1.807, 2.05) is 48.7 Å². The van der Waals surface area contributed by atoms with Crippen molar-refractivity contribution < 1.29 is 4.79 Å². The third-order valence-electron chi connectivity index (χ3n) is 5.13. The molecule has 1 fully saturated rings. The van der Waals surface area contributed by atoms with Crippen LogP contribution in [0.1, 0.15) is 28.4 Å². The largest absolute Gasteiger partial charge is 0.349 e. The second kappa shape index (κ2) is 6.81. The highest BCUT2D eigenvalue weighted by molar-refractivity contribution is 6.08. The fourth-order valence-corrected chi connectivity index (χ4v) is 3.58. The van der Waals surface area contributed by atoms with Gasteiger partial charge in [-0.25, -0.2) is 9.50 Å². The molecular formula is C22H19N5O. The van der Waals surface area contributed by atoms with Gasteiger partial charge in [-0.1, -0.05) is 48.5 Å². The van der Waals surface area contributed by atoms with E-state index < -0.39 is 0 Å². The Hall–Kier alpha value is -3.67. The highest BCUT2D eigenvalue weighted by Crippen LogP contribution is 2.36. The lowest BCUT2D eigenvalue weighted by atomic mass is 9.95. The number of hydrogen-bond donors (Lipinski definition) is 1. The molecule has 1 amide bonds. The van der Waals surface area contributed by atoms with Crippen LogP contribution in [-0.4, -0.2) is 27.0 Å². The van der Waals surface area contributed by atoms with E-state index in [0.29, 0.717) is 17.3 Å². The number of fused-ring (bicyclic) bond motifs is 1. The van der Waals surface area contributed by atoms with Gasteiger partial charge in [-0.3, -0.25) is 4.79 Å². The van der Waals surface area contributed by atoms with Crippen molar-refractivity contribution >= 4 is 23.1 Å². The number of amides is 1. The topological polar surface area (TPSA) is 62.5 Å². The molecule has 1 atom stereocenters. The van der Waals surface area contributed by atoms with Gasteiger partial charge in [0.05, 0.1) is 12.2 Å². The quantitative estimate of drug-likeness (QED) is 0.592. The summed E-state index contributed by atoms with van der Waals surface area (Å²) in [5.41, 5.74) is 3.05. The highest BCUT2D eigenvalue weighted by Gasteiger charge is 2.30. The van der Waals surface area contributed by atoms with E-state index in [1.165, 1.54) is 5.56 Å². The van der Waals surface area contributed by atoms with E-state index in [2.05, 4.69) is 39.6 Å². The van der Waals surface area contributed by atoms with Gasteiger partial charge in [0.15, 0.2) is 5.65 Å². The van der Waals surface area contributed by atoms with Crippen LogP contribution < -0.4 is 10.2 Å². The fourth-order valence-electron chi connectivity index (χ4n) is 3.58. The van der Waals surface area contributed by atoms with Gasteiger partial charge in [0.2, 0.25) is 0 Å². The predicted molar refractivity (Wildman–Crippen MR) is 109 cm³/mol. The normalized spacial score (nSPS) is 16.0.